The van der Waals surface area contributed by atoms with Gasteiger partial charge in [0.1, 0.15) is 6.04 Å². The second-order valence-corrected chi connectivity index (χ2v) is 9.30. The molecule has 2 amide bonds. The van der Waals surface area contributed by atoms with Crippen LogP contribution in [0, 0.1) is 0 Å². The molecule has 3 rings (SSSR count). The highest BCUT2D eigenvalue weighted by Crippen LogP contribution is 2.27. The van der Waals surface area contributed by atoms with E-state index in [4.69, 9.17) is 12.2 Å². The number of carboxylic acids is 1. The zero-order chi connectivity index (χ0) is 24.5. The van der Waals surface area contributed by atoms with E-state index in [9.17, 15) is 19.5 Å². The summed E-state index contributed by atoms with van der Waals surface area (Å²) in [6, 6.07) is 13.7. The van der Waals surface area contributed by atoms with Gasteiger partial charge in [-0.05, 0) is 66.4 Å². The Hall–Kier alpha value is -3.11. The number of amides is 2. The number of aliphatic carboxylic acids is 1. The van der Waals surface area contributed by atoms with Gasteiger partial charge in [-0.1, -0.05) is 30.3 Å². The van der Waals surface area contributed by atoms with E-state index >= 15 is 0 Å². The largest absolute Gasteiger partial charge is 0.480 e. The molecule has 10 heteroatoms. The molecule has 0 spiro atoms. The molecule has 0 saturated carbocycles. The van der Waals surface area contributed by atoms with Gasteiger partial charge >= 0.3 is 5.97 Å². The van der Waals surface area contributed by atoms with Crippen LogP contribution < -0.4 is 21.3 Å². The lowest BCUT2D eigenvalue weighted by molar-refractivity contribution is -0.139. The average molecular weight is 501 g/mol. The van der Waals surface area contributed by atoms with Gasteiger partial charge in [-0.25, -0.2) is 4.79 Å². The zero-order valence-corrected chi connectivity index (χ0v) is 20.4. The summed E-state index contributed by atoms with van der Waals surface area (Å²) in [7, 11) is 0. The van der Waals surface area contributed by atoms with Gasteiger partial charge in [0.05, 0.1) is 0 Å². The summed E-state index contributed by atoms with van der Waals surface area (Å²) in [6.45, 7) is 0.524. The molecule has 1 aliphatic heterocycles. The lowest BCUT2D eigenvalue weighted by Gasteiger charge is -2.18. The molecule has 2 aromatic carbocycles. The highest BCUT2D eigenvalue weighted by molar-refractivity contribution is 7.98. The van der Waals surface area contributed by atoms with Crippen LogP contribution in [0.5, 0.6) is 0 Å². The highest BCUT2D eigenvalue weighted by Gasteiger charge is 2.23. The first-order valence-electron chi connectivity index (χ1n) is 10.9. The molecule has 5 N–H and O–H groups in total. The van der Waals surface area contributed by atoms with E-state index in [-0.39, 0.29) is 11.9 Å². The van der Waals surface area contributed by atoms with Crippen molar-refractivity contribution in [1.82, 2.24) is 16.0 Å². The fourth-order valence-corrected chi connectivity index (χ4v) is 4.30. The topological polar surface area (TPSA) is 120 Å². The van der Waals surface area contributed by atoms with Gasteiger partial charge in [0.25, 0.3) is 5.91 Å². The number of rotatable bonds is 10. The van der Waals surface area contributed by atoms with Crippen molar-refractivity contribution < 1.29 is 19.5 Å². The van der Waals surface area contributed by atoms with Crippen molar-refractivity contribution in [3.63, 3.8) is 0 Å². The monoisotopic (exact) mass is 500 g/mol. The summed E-state index contributed by atoms with van der Waals surface area (Å²) in [5.74, 6) is -0.834. The summed E-state index contributed by atoms with van der Waals surface area (Å²) in [6.07, 6.45) is 3.52. The minimum atomic E-state index is -1.06. The summed E-state index contributed by atoms with van der Waals surface area (Å²) >= 11 is 6.92. The third-order valence-corrected chi connectivity index (χ3v) is 6.31. The Morgan fingerprint density at radius 1 is 1.24 bits per heavy atom. The van der Waals surface area contributed by atoms with Crippen molar-refractivity contribution in [2.45, 2.75) is 31.3 Å². The molecule has 0 aliphatic carbocycles. The third kappa shape index (κ3) is 7.19. The molecule has 1 heterocycles. The molecule has 2 unspecified atom stereocenters. The van der Waals surface area contributed by atoms with Crippen LogP contribution in [0.2, 0.25) is 0 Å². The molecular formula is C24H28N4O4S2. The maximum absolute atomic E-state index is 13.1. The number of nitrogens with one attached hydrogen (secondary N) is 4. The van der Waals surface area contributed by atoms with E-state index < -0.39 is 17.9 Å². The van der Waals surface area contributed by atoms with Gasteiger partial charge in [0.15, 0.2) is 5.11 Å². The van der Waals surface area contributed by atoms with Crippen molar-refractivity contribution in [2.75, 3.05) is 23.9 Å². The maximum atomic E-state index is 13.1. The molecule has 2 atom stereocenters. The predicted molar refractivity (Wildman–Crippen MR) is 139 cm³/mol. The van der Waals surface area contributed by atoms with Crippen molar-refractivity contribution in [2.24, 2.45) is 0 Å². The summed E-state index contributed by atoms with van der Waals surface area (Å²) < 4.78 is 0. The molecule has 180 valence electrons. The van der Waals surface area contributed by atoms with Crippen LogP contribution in [0.1, 0.15) is 29.6 Å². The lowest BCUT2D eigenvalue weighted by atomic mass is 9.98. The van der Waals surface area contributed by atoms with Crippen molar-refractivity contribution in [3.8, 4) is 11.1 Å². The van der Waals surface area contributed by atoms with E-state index in [1.165, 1.54) is 11.8 Å². The molecule has 0 bridgehead atoms. The Morgan fingerprint density at radius 3 is 2.65 bits per heavy atom. The fraction of sp³-hybridized carbons (Fsp3) is 0.333. The SMILES string of the molecule is CSCCC(NC(=O)c1ccc(NC(=S)NCC2CCC(=O)N2)cc1-c1ccccc1)C(=O)O. The molecule has 2 aromatic rings. The van der Waals surface area contributed by atoms with Crippen LogP contribution in [0.3, 0.4) is 0 Å². The minimum absolute atomic E-state index is 0.0469. The highest BCUT2D eigenvalue weighted by atomic mass is 32.2. The number of carboxylic acid groups (broad SMARTS) is 1. The van der Waals surface area contributed by atoms with Gasteiger partial charge in [0, 0.05) is 30.3 Å². The van der Waals surface area contributed by atoms with Crippen molar-refractivity contribution >= 4 is 52.6 Å². The number of hydrogen-bond donors (Lipinski definition) is 5. The molecule has 8 nitrogen and oxygen atoms in total. The molecule has 1 aliphatic rings. The molecule has 34 heavy (non-hydrogen) atoms. The quantitative estimate of drug-likeness (QED) is 0.316. The van der Waals surface area contributed by atoms with Crippen LogP contribution in [-0.4, -0.2) is 58.6 Å². The van der Waals surface area contributed by atoms with Gasteiger partial charge in [0.2, 0.25) is 5.91 Å². The average Bonchev–Trinajstić information content (AvgIpc) is 3.25. The Morgan fingerprint density at radius 2 is 2.00 bits per heavy atom. The Balaban J connectivity index is 1.76. The van der Waals surface area contributed by atoms with Crippen molar-refractivity contribution in [3.05, 3.63) is 54.1 Å². The molecule has 0 aromatic heterocycles. The number of benzene rings is 2. The predicted octanol–water partition coefficient (Wildman–Crippen LogP) is 2.85. The van der Waals surface area contributed by atoms with Gasteiger partial charge in [-0.3, -0.25) is 9.59 Å². The van der Waals surface area contributed by atoms with Crippen LogP contribution in [0.25, 0.3) is 11.1 Å². The van der Waals surface area contributed by atoms with E-state index in [0.29, 0.717) is 47.1 Å². The molecule has 1 fully saturated rings. The Labute approximate surface area is 208 Å². The number of anilines is 1. The molecule has 0 radical (unpaired) electrons. The molecule has 1 saturated heterocycles. The van der Waals surface area contributed by atoms with E-state index in [2.05, 4.69) is 21.3 Å². The Kier molecular flexibility index (Phi) is 9.29. The Bertz CT molecular complexity index is 1050. The van der Waals surface area contributed by atoms with Gasteiger partial charge in [-0.15, -0.1) is 0 Å². The lowest BCUT2D eigenvalue weighted by Crippen LogP contribution is -2.41. The van der Waals surface area contributed by atoms with Crippen LogP contribution >= 0.6 is 24.0 Å². The van der Waals surface area contributed by atoms with Crippen LogP contribution in [0.15, 0.2) is 48.5 Å². The van der Waals surface area contributed by atoms with Crippen LogP contribution in [-0.2, 0) is 9.59 Å². The second kappa shape index (κ2) is 12.4. The number of carbonyl (C=O) groups excluding carboxylic acids is 2. The summed E-state index contributed by atoms with van der Waals surface area (Å²) in [5.41, 5.74) is 2.53. The summed E-state index contributed by atoms with van der Waals surface area (Å²) in [4.78, 5) is 36.0. The zero-order valence-electron chi connectivity index (χ0n) is 18.8. The van der Waals surface area contributed by atoms with Crippen LogP contribution in [0.4, 0.5) is 5.69 Å². The van der Waals surface area contributed by atoms with E-state index in [1.54, 1.807) is 12.1 Å². The number of carbonyl (C=O) groups is 3. The van der Waals surface area contributed by atoms with E-state index in [0.717, 1.165) is 12.0 Å². The minimum Gasteiger partial charge on any atom is -0.480 e. The van der Waals surface area contributed by atoms with E-state index in [1.807, 2.05) is 42.7 Å². The first kappa shape index (κ1) is 25.5. The maximum Gasteiger partial charge on any atom is 0.326 e. The van der Waals surface area contributed by atoms with Gasteiger partial charge in [-0.2, -0.15) is 11.8 Å². The number of thiocarbonyl (C=S) groups is 1. The van der Waals surface area contributed by atoms with Crippen molar-refractivity contribution in [1.29, 1.82) is 0 Å². The normalized spacial score (nSPS) is 15.8. The first-order valence-corrected chi connectivity index (χ1v) is 12.7. The first-order chi connectivity index (χ1) is 16.4. The standard InChI is InChI=1S/C24H28N4O4S2/c1-34-12-11-20(23(31)32)28-22(30)18-9-7-16(13-19(18)15-5-3-2-4-6-15)27-24(33)25-14-17-8-10-21(29)26-17/h2-7,9,13,17,20H,8,10-12,14H2,1H3,(H,26,29)(H,28,30)(H,31,32)(H2,25,27,33). The number of hydrogen-bond acceptors (Lipinski definition) is 5. The molecular weight excluding hydrogens is 472 g/mol. The smallest absolute Gasteiger partial charge is 0.326 e. The third-order valence-electron chi connectivity index (χ3n) is 5.41. The summed E-state index contributed by atoms with van der Waals surface area (Å²) in [5, 5.41) is 21.7. The van der Waals surface area contributed by atoms with Gasteiger partial charge < -0.3 is 26.4 Å². The number of thioether (sulfide) groups is 1. The second-order valence-electron chi connectivity index (χ2n) is 7.91. The fourth-order valence-electron chi connectivity index (χ4n) is 3.63.